The number of hydrogen-bond donors (Lipinski definition) is 0. The molecule has 10 heavy (non-hydrogen) atoms. The fourth-order valence-corrected chi connectivity index (χ4v) is 3.22. The Labute approximate surface area is 78.3 Å². The van der Waals surface area contributed by atoms with Gasteiger partial charge in [-0.2, -0.15) is 0 Å². The lowest BCUT2D eigenvalue weighted by molar-refractivity contribution is 0.940. The number of rotatable bonds is 0. The van der Waals surface area contributed by atoms with Crippen molar-refractivity contribution in [3.05, 3.63) is 22.2 Å². The Balaban J connectivity index is 2.88. The van der Waals surface area contributed by atoms with Gasteiger partial charge in [0.05, 0.1) is 4.50 Å². The molecule has 56 valence electrons. The Kier molecular flexibility index (Phi) is 2.51. The summed E-state index contributed by atoms with van der Waals surface area (Å²) in [5.74, 6) is 0. The predicted octanol–water partition coefficient (Wildman–Crippen LogP) is 1.94. The minimum Gasteiger partial charge on any atom is -0.119 e. The highest BCUT2D eigenvalue weighted by atomic mass is 35.5. The van der Waals surface area contributed by atoms with E-state index in [1.54, 1.807) is 6.08 Å². The Bertz CT molecular complexity index is 205. The summed E-state index contributed by atoms with van der Waals surface area (Å²) in [6, 6.07) is 0. The lowest BCUT2D eigenvalue weighted by Gasteiger charge is -2.20. The van der Waals surface area contributed by atoms with Crippen molar-refractivity contribution < 1.29 is 0 Å². The van der Waals surface area contributed by atoms with Crippen LogP contribution in [0.4, 0.5) is 0 Å². The lowest BCUT2D eigenvalue weighted by atomic mass is 10.2. The van der Waals surface area contributed by atoms with E-state index in [4.69, 9.17) is 34.8 Å². The molecular formula is C6H7Cl3Si. The molecule has 0 aliphatic heterocycles. The highest BCUT2D eigenvalue weighted by Gasteiger charge is 2.22. The molecule has 0 nitrogen and oxygen atoms in total. The Hall–Kier alpha value is 0.567. The third-order valence-electron chi connectivity index (χ3n) is 1.25. The van der Waals surface area contributed by atoms with Gasteiger partial charge in [-0.25, -0.2) is 0 Å². The maximum atomic E-state index is 6.04. The quantitative estimate of drug-likeness (QED) is 0.426. The van der Waals surface area contributed by atoms with Gasteiger partial charge in [-0.3, -0.25) is 0 Å². The molecule has 0 aromatic rings. The van der Waals surface area contributed by atoms with Crippen molar-refractivity contribution in [1.29, 1.82) is 0 Å². The van der Waals surface area contributed by atoms with Crippen LogP contribution in [0.1, 0.15) is 6.42 Å². The van der Waals surface area contributed by atoms with Gasteiger partial charge in [0, 0.05) is 26.7 Å². The molecule has 0 N–H and O–H groups in total. The Morgan fingerprint density at radius 3 is 2.50 bits per heavy atom. The van der Waals surface area contributed by atoms with Crippen LogP contribution in [0.2, 0.25) is 0 Å². The molecule has 1 aliphatic carbocycles. The molecule has 1 rings (SSSR count). The average Bonchev–Trinajstić information content (AvgIpc) is 1.54. The molecule has 1 unspecified atom stereocenters. The van der Waals surface area contributed by atoms with Crippen LogP contribution in [-0.2, 0) is 0 Å². The van der Waals surface area contributed by atoms with E-state index in [1.165, 1.54) is 0 Å². The van der Waals surface area contributed by atoms with Crippen molar-refractivity contribution in [2.45, 2.75) is 10.9 Å². The zero-order chi connectivity index (χ0) is 7.78. The minimum absolute atomic E-state index is 0.261. The van der Waals surface area contributed by atoms with Crippen molar-refractivity contribution >= 4 is 45.0 Å². The van der Waals surface area contributed by atoms with Crippen LogP contribution in [-0.4, -0.2) is 14.7 Å². The first-order valence-corrected chi connectivity index (χ1v) is 5.06. The lowest BCUT2D eigenvalue weighted by Crippen LogP contribution is -2.20. The molecule has 0 amide bonds. The monoisotopic (exact) mass is 212 g/mol. The second kappa shape index (κ2) is 2.90. The smallest absolute Gasteiger partial charge is 0.0508 e. The zero-order valence-corrected chi connectivity index (χ0v) is 9.76. The summed E-state index contributed by atoms with van der Waals surface area (Å²) in [6.45, 7) is 0. The summed E-state index contributed by atoms with van der Waals surface area (Å²) < 4.78 is -0.261. The highest BCUT2D eigenvalue weighted by molar-refractivity contribution is 6.48. The zero-order valence-electron chi connectivity index (χ0n) is 5.50. The summed E-state index contributed by atoms with van der Waals surface area (Å²) in [7, 11) is 0.866. The number of alkyl halides is 1. The Morgan fingerprint density at radius 1 is 1.50 bits per heavy atom. The molecule has 0 saturated heterocycles. The molecular weight excluding hydrogens is 207 g/mol. The van der Waals surface area contributed by atoms with E-state index in [2.05, 4.69) is 0 Å². The summed E-state index contributed by atoms with van der Waals surface area (Å²) in [5, 5.41) is 1.40. The van der Waals surface area contributed by atoms with Crippen molar-refractivity contribution in [3.8, 4) is 0 Å². The molecule has 0 radical (unpaired) electrons. The van der Waals surface area contributed by atoms with E-state index in [1.807, 2.05) is 6.08 Å². The average molecular weight is 214 g/mol. The second-order valence-electron chi connectivity index (χ2n) is 2.58. The fourth-order valence-electron chi connectivity index (χ4n) is 0.911. The maximum Gasteiger partial charge on any atom is 0.0508 e. The van der Waals surface area contributed by atoms with Gasteiger partial charge in [-0.15, -0.1) is 11.6 Å². The molecule has 4 heteroatoms. The van der Waals surface area contributed by atoms with Crippen LogP contribution in [0.15, 0.2) is 22.2 Å². The van der Waals surface area contributed by atoms with Gasteiger partial charge in [0.15, 0.2) is 0 Å². The first-order valence-electron chi connectivity index (χ1n) is 2.93. The van der Waals surface area contributed by atoms with E-state index in [0.717, 1.165) is 21.7 Å². The van der Waals surface area contributed by atoms with Gasteiger partial charge in [-0.05, 0) is 12.2 Å². The van der Waals surface area contributed by atoms with Gasteiger partial charge >= 0.3 is 0 Å². The number of halogens is 3. The van der Waals surface area contributed by atoms with Gasteiger partial charge in [0.2, 0.25) is 0 Å². The van der Waals surface area contributed by atoms with Crippen LogP contribution < -0.4 is 0 Å². The molecule has 0 fully saturated rings. The van der Waals surface area contributed by atoms with E-state index in [-0.39, 0.29) is 4.50 Å². The van der Waals surface area contributed by atoms with Gasteiger partial charge in [0.1, 0.15) is 0 Å². The minimum atomic E-state index is -0.261. The maximum absolute atomic E-state index is 6.04. The van der Waals surface area contributed by atoms with Crippen LogP contribution in [0.5, 0.6) is 0 Å². The summed E-state index contributed by atoms with van der Waals surface area (Å²) >= 11 is 17.5. The SMILES string of the molecule is [SiH3]C1(Cl)C=C(Cl)C=C(Cl)C1. The van der Waals surface area contributed by atoms with E-state index >= 15 is 0 Å². The van der Waals surface area contributed by atoms with Crippen LogP contribution >= 0.6 is 34.8 Å². The topological polar surface area (TPSA) is 0 Å². The largest absolute Gasteiger partial charge is 0.119 e. The normalized spacial score (nSPS) is 33.5. The molecule has 1 aliphatic rings. The van der Waals surface area contributed by atoms with E-state index < -0.39 is 0 Å². The summed E-state index contributed by atoms with van der Waals surface area (Å²) in [4.78, 5) is 0. The first kappa shape index (κ1) is 8.66. The van der Waals surface area contributed by atoms with Gasteiger partial charge < -0.3 is 0 Å². The number of allylic oxidation sites excluding steroid dienone is 4. The summed E-state index contributed by atoms with van der Waals surface area (Å²) in [6.07, 6.45) is 4.31. The van der Waals surface area contributed by atoms with Gasteiger partial charge in [-0.1, -0.05) is 23.2 Å². The summed E-state index contributed by atoms with van der Waals surface area (Å²) in [5.41, 5.74) is 0. The van der Waals surface area contributed by atoms with E-state index in [9.17, 15) is 0 Å². The van der Waals surface area contributed by atoms with Gasteiger partial charge in [0.25, 0.3) is 0 Å². The fraction of sp³-hybridized carbons (Fsp3) is 0.333. The van der Waals surface area contributed by atoms with Crippen molar-refractivity contribution in [1.82, 2.24) is 0 Å². The van der Waals surface area contributed by atoms with Crippen LogP contribution in [0.25, 0.3) is 0 Å². The van der Waals surface area contributed by atoms with Crippen LogP contribution in [0.3, 0.4) is 0 Å². The first-order chi connectivity index (χ1) is 4.49. The molecule has 0 heterocycles. The van der Waals surface area contributed by atoms with Crippen molar-refractivity contribution in [2.24, 2.45) is 0 Å². The molecule has 0 aromatic heterocycles. The van der Waals surface area contributed by atoms with Crippen molar-refractivity contribution in [2.75, 3.05) is 0 Å². The standard InChI is InChI=1S/C6H7Cl3Si/c7-4-1-5(8)3-6(9,10)2-4/h1-2H,3H2,10H3. The third kappa shape index (κ3) is 2.31. The second-order valence-corrected chi connectivity index (χ2v) is 6.78. The molecule has 1 atom stereocenters. The van der Waals surface area contributed by atoms with Crippen molar-refractivity contribution in [3.63, 3.8) is 0 Å². The highest BCUT2D eigenvalue weighted by Crippen LogP contribution is 2.32. The molecule has 0 saturated carbocycles. The molecule has 0 spiro atoms. The third-order valence-corrected chi connectivity index (χ3v) is 2.59. The number of hydrogen-bond acceptors (Lipinski definition) is 0. The van der Waals surface area contributed by atoms with E-state index in [0.29, 0.717) is 5.03 Å². The van der Waals surface area contributed by atoms with Crippen LogP contribution in [0, 0.1) is 0 Å². The molecule has 0 bridgehead atoms. The Morgan fingerprint density at radius 2 is 2.10 bits per heavy atom. The predicted molar refractivity (Wildman–Crippen MR) is 51.0 cm³/mol. The molecule has 0 aromatic carbocycles.